The van der Waals surface area contributed by atoms with Crippen LogP contribution in [-0.2, 0) is 6.54 Å². The zero-order valence-electron chi connectivity index (χ0n) is 21.5. The molecule has 2 aromatic carbocycles. The summed E-state index contributed by atoms with van der Waals surface area (Å²) in [6.45, 7) is 10.0. The molecular weight excluding hydrogens is 413 g/mol. The first-order chi connectivity index (χ1) is 16.5. The summed E-state index contributed by atoms with van der Waals surface area (Å²) in [5, 5.41) is 8.25. The standard InChI is InChI=1S/C22H29B.C8H11N3/c1-16(2)18-8-5-10-20(14-18)22(12-7-13-23)21-11-6-9-19(15-21)17(3)4;9-4-2-1-3-6-11-7-5-10-8-11/h5-6,8-11,14-17,22H,7,12-13H2,1-4H3;5,7-8H,1-3,6H2. The minimum Gasteiger partial charge on any atom is -0.337 e. The first-order valence-corrected chi connectivity index (χ1v) is 12.7. The number of nitriles is 1. The maximum absolute atomic E-state index is 8.25. The van der Waals surface area contributed by atoms with Gasteiger partial charge in [-0.2, -0.15) is 5.26 Å². The van der Waals surface area contributed by atoms with Gasteiger partial charge in [0.05, 0.1) is 20.2 Å². The second-order valence-corrected chi connectivity index (χ2v) is 9.55. The molecule has 0 bridgehead atoms. The molecule has 0 unspecified atom stereocenters. The Morgan fingerprint density at radius 1 is 0.882 bits per heavy atom. The summed E-state index contributed by atoms with van der Waals surface area (Å²) in [7, 11) is 5.79. The van der Waals surface area contributed by atoms with Gasteiger partial charge in [0, 0.05) is 31.3 Å². The van der Waals surface area contributed by atoms with Crippen molar-refractivity contribution in [2.24, 2.45) is 0 Å². The molecule has 178 valence electrons. The van der Waals surface area contributed by atoms with Crippen LogP contribution in [0.4, 0.5) is 0 Å². The Balaban J connectivity index is 0.000000310. The van der Waals surface area contributed by atoms with Gasteiger partial charge in [0.15, 0.2) is 0 Å². The van der Waals surface area contributed by atoms with Gasteiger partial charge < -0.3 is 4.57 Å². The molecule has 0 saturated heterocycles. The molecule has 3 aromatic rings. The van der Waals surface area contributed by atoms with Crippen molar-refractivity contribution in [3.05, 3.63) is 89.5 Å². The molecule has 0 N–H and O–H groups in total. The number of hydrogen-bond donors (Lipinski definition) is 0. The van der Waals surface area contributed by atoms with Crippen LogP contribution < -0.4 is 0 Å². The molecule has 1 heterocycles. The predicted molar refractivity (Wildman–Crippen MR) is 144 cm³/mol. The van der Waals surface area contributed by atoms with Crippen molar-refractivity contribution in [3.8, 4) is 6.07 Å². The van der Waals surface area contributed by atoms with E-state index in [1.165, 1.54) is 22.3 Å². The van der Waals surface area contributed by atoms with Crippen molar-refractivity contribution >= 4 is 7.85 Å². The molecule has 0 spiro atoms. The van der Waals surface area contributed by atoms with Gasteiger partial charge in [-0.3, -0.25) is 0 Å². The van der Waals surface area contributed by atoms with Crippen molar-refractivity contribution in [2.45, 2.75) is 90.4 Å². The number of hydrogen-bond acceptors (Lipinski definition) is 2. The highest BCUT2D eigenvalue weighted by Gasteiger charge is 2.16. The van der Waals surface area contributed by atoms with Crippen molar-refractivity contribution < 1.29 is 0 Å². The van der Waals surface area contributed by atoms with Gasteiger partial charge in [-0.15, -0.1) is 0 Å². The average Bonchev–Trinajstić information content (AvgIpc) is 3.36. The third kappa shape index (κ3) is 9.22. The molecule has 0 saturated carbocycles. The molecule has 3 nitrogen and oxygen atoms in total. The Kier molecular flexibility index (Phi) is 12.3. The molecular formula is C30H40BN3. The normalized spacial score (nSPS) is 10.9. The van der Waals surface area contributed by atoms with Crippen LogP contribution in [0, 0.1) is 11.3 Å². The first-order valence-electron chi connectivity index (χ1n) is 12.7. The van der Waals surface area contributed by atoms with Gasteiger partial charge >= 0.3 is 0 Å². The van der Waals surface area contributed by atoms with E-state index < -0.39 is 0 Å². The van der Waals surface area contributed by atoms with Crippen LogP contribution in [0.15, 0.2) is 67.3 Å². The number of benzene rings is 2. The van der Waals surface area contributed by atoms with E-state index in [0.29, 0.717) is 24.2 Å². The smallest absolute Gasteiger partial charge is 0.0945 e. The van der Waals surface area contributed by atoms with Gasteiger partial charge in [0.1, 0.15) is 0 Å². The van der Waals surface area contributed by atoms with Gasteiger partial charge in [-0.1, -0.05) is 89.0 Å². The van der Waals surface area contributed by atoms with Gasteiger partial charge in [0.2, 0.25) is 0 Å². The van der Waals surface area contributed by atoms with Crippen molar-refractivity contribution in [1.82, 2.24) is 9.55 Å². The summed E-state index contributed by atoms with van der Waals surface area (Å²) < 4.78 is 2.03. The lowest BCUT2D eigenvalue weighted by Gasteiger charge is -2.21. The summed E-state index contributed by atoms with van der Waals surface area (Å²) in [6, 6.07) is 20.3. The summed E-state index contributed by atoms with van der Waals surface area (Å²) >= 11 is 0. The van der Waals surface area contributed by atoms with Crippen LogP contribution >= 0.6 is 0 Å². The number of aryl methyl sites for hydroxylation is 1. The zero-order chi connectivity index (χ0) is 24.8. The molecule has 0 aliphatic heterocycles. The van der Waals surface area contributed by atoms with Crippen molar-refractivity contribution in [1.29, 1.82) is 5.26 Å². The lowest BCUT2D eigenvalue weighted by Crippen LogP contribution is -2.04. The maximum Gasteiger partial charge on any atom is 0.0945 e. The Morgan fingerprint density at radius 2 is 1.47 bits per heavy atom. The van der Waals surface area contributed by atoms with Gasteiger partial charge in [-0.25, -0.2) is 4.98 Å². The fourth-order valence-electron chi connectivity index (χ4n) is 4.03. The third-order valence-corrected chi connectivity index (χ3v) is 6.17. The van der Waals surface area contributed by atoms with Crippen LogP contribution in [0.1, 0.15) is 99.8 Å². The van der Waals surface area contributed by atoms with E-state index in [9.17, 15) is 0 Å². The highest BCUT2D eigenvalue weighted by Crippen LogP contribution is 2.33. The monoisotopic (exact) mass is 453 g/mol. The largest absolute Gasteiger partial charge is 0.337 e. The molecule has 0 amide bonds. The van der Waals surface area contributed by atoms with E-state index >= 15 is 0 Å². The van der Waals surface area contributed by atoms with E-state index in [4.69, 9.17) is 13.1 Å². The van der Waals surface area contributed by atoms with Crippen LogP contribution in [0.3, 0.4) is 0 Å². The SMILES string of the molecule is N#CCCCCn1ccnc1.[B]CCCC(c1cccc(C(C)C)c1)c1cccc(C(C)C)c1. The highest BCUT2D eigenvalue weighted by molar-refractivity contribution is 6.08. The fourth-order valence-corrected chi connectivity index (χ4v) is 4.03. The van der Waals surface area contributed by atoms with Crippen LogP contribution in [-0.4, -0.2) is 17.4 Å². The van der Waals surface area contributed by atoms with E-state index in [1.807, 2.05) is 10.8 Å². The number of nitrogens with zero attached hydrogens (tertiary/aromatic N) is 3. The maximum atomic E-state index is 8.25. The van der Waals surface area contributed by atoms with E-state index in [1.54, 1.807) is 12.5 Å². The zero-order valence-corrected chi connectivity index (χ0v) is 21.5. The second-order valence-electron chi connectivity index (χ2n) is 9.55. The van der Waals surface area contributed by atoms with E-state index in [-0.39, 0.29) is 0 Å². The molecule has 34 heavy (non-hydrogen) atoms. The van der Waals surface area contributed by atoms with Crippen LogP contribution in [0.25, 0.3) is 0 Å². The molecule has 4 heteroatoms. The average molecular weight is 453 g/mol. The molecule has 0 atom stereocenters. The number of unbranched alkanes of at least 4 members (excludes halogenated alkanes) is 2. The Bertz CT molecular complexity index is 935. The van der Waals surface area contributed by atoms with Crippen molar-refractivity contribution in [2.75, 3.05) is 0 Å². The topological polar surface area (TPSA) is 41.6 Å². The quantitative estimate of drug-likeness (QED) is 0.218. The molecule has 0 aliphatic carbocycles. The molecule has 3 rings (SSSR count). The number of imidazole rings is 1. The predicted octanol–water partition coefficient (Wildman–Crippen LogP) is 8.01. The minimum atomic E-state index is 0.441. The number of rotatable bonds is 11. The third-order valence-electron chi connectivity index (χ3n) is 6.17. The van der Waals surface area contributed by atoms with Gasteiger partial charge in [0.25, 0.3) is 0 Å². The Morgan fingerprint density at radius 3 is 1.94 bits per heavy atom. The summed E-state index contributed by atoms with van der Waals surface area (Å²) in [5.74, 6) is 1.56. The van der Waals surface area contributed by atoms with Crippen LogP contribution in [0.2, 0.25) is 6.32 Å². The summed E-state index contributed by atoms with van der Waals surface area (Å²) in [6.07, 6.45) is 11.1. The Hall–Kier alpha value is -2.80. The lowest BCUT2D eigenvalue weighted by atomic mass is 9.82. The molecule has 0 fully saturated rings. The Labute approximate surface area is 208 Å². The van der Waals surface area contributed by atoms with E-state index in [0.717, 1.165) is 38.5 Å². The lowest BCUT2D eigenvalue weighted by molar-refractivity contribution is 0.616. The molecule has 2 radical (unpaired) electrons. The second kappa shape index (κ2) is 15.2. The fraction of sp³-hybridized carbons (Fsp3) is 0.467. The first kappa shape index (κ1) is 27.4. The molecule has 1 aromatic heterocycles. The summed E-state index contributed by atoms with van der Waals surface area (Å²) in [5.41, 5.74) is 5.68. The minimum absolute atomic E-state index is 0.441. The van der Waals surface area contributed by atoms with Gasteiger partial charge in [-0.05, 0) is 53.4 Å². The number of aromatic nitrogens is 2. The van der Waals surface area contributed by atoms with Crippen LogP contribution in [0.5, 0.6) is 0 Å². The van der Waals surface area contributed by atoms with Crippen molar-refractivity contribution in [3.63, 3.8) is 0 Å². The van der Waals surface area contributed by atoms with E-state index in [2.05, 4.69) is 87.3 Å². The highest BCUT2D eigenvalue weighted by atomic mass is 15.0. The summed E-state index contributed by atoms with van der Waals surface area (Å²) in [4.78, 5) is 3.92. The molecule has 0 aliphatic rings.